The number of aryl methyl sites for hydroxylation is 2. The van der Waals surface area contributed by atoms with Gasteiger partial charge in [-0.15, -0.1) is 0 Å². The van der Waals surface area contributed by atoms with Crippen LogP contribution in [0.2, 0.25) is 0 Å². The largest absolute Gasteiger partial charge is 0.367 e. The number of carbonyl (C=O) groups excluding carboxylic acids is 1. The molecule has 0 aromatic heterocycles. The van der Waals surface area contributed by atoms with Gasteiger partial charge in [0.05, 0.1) is 0 Å². The van der Waals surface area contributed by atoms with E-state index in [0.29, 0.717) is 5.56 Å². The van der Waals surface area contributed by atoms with Gasteiger partial charge in [-0.2, -0.15) is 0 Å². The minimum absolute atomic E-state index is 0.0702. The minimum Gasteiger partial charge on any atom is -0.367 e. The first kappa shape index (κ1) is 19.0. The van der Waals surface area contributed by atoms with E-state index in [1.165, 1.54) is 23.2 Å². The lowest BCUT2D eigenvalue weighted by Crippen LogP contribution is -2.28. The SMILES string of the molecule is Cc1cc(I)ccc1NC(=O)c1ccc(CN2CCCc3ccccc32)cc1. The summed E-state index contributed by atoms with van der Waals surface area (Å²) in [7, 11) is 0. The van der Waals surface area contributed by atoms with E-state index in [1.54, 1.807) is 0 Å². The number of halogens is 1. The zero-order chi connectivity index (χ0) is 19.5. The Hall–Kier alpha value is -2.34. The monoisotopic (exact) mass is 482 g/mol. The van der Waals surface area contributed by atoms with Gasteiger partial charge in [-0.3, -0.25) is 4.79 Å². The third-order valence-corrected chi connectivity index (χ3v) is 5.90. The maximum Gasteiger partial charge on any atom is 0.255 e. The van der Waals surface area contributed by atoms with Crippen LogP contribution in [0.15, 0.2) is 66.7 Å². The highest BCUT2D eigenvalue weighted by Crippen LogP contribution is 2.28. The van der Waals surface area contributed by atoms with Crippen molar-refractivity contribution in [1.29, 1.82) is 0 Å². The van der Waals surface area contributed by atoms with E-state index in [-0.39, 0.29) is 5.91 Å². The third-order valence-electron chi connectivity index (χ3n) is 5.23. The van der Waals surface area contributed by atoms with Gasteiger partial charge >= 0.3 is 0 Å². The van der Waals surface area contributed by atoms with Crippen LogP contribution < -0.4 is 10.2 Å². The molecule has 3 nitrogen and oxygen atoms in total. The molecule has 0 bridgehead atoms. The number of benzene rings is 3. The number of hydrogen-bond donors (Lipinski definition) is 1. The molecule has 1 aliphatic heterocycles. The lowest BCUT2D eigenvalue weighted by atomic mass is 10.0. The molecule has 28 heavy (non-hydrogen) atoms. The smallest absolute Gasteiger partial charge is 0.255 e. The zero-order valence-electron chi connectivity index (χ0n) is 15.9. The third kappa shape index (κ3) is 4.22. The summed E-state index contributed by atoms with van der Waals surface area (Å²) in [6, 6.07) is 22.6. The van der Waals surface area contributed by atoms with E-state index in [0.717, 1.165) is 34.3 Å². The molecular formula is C24H23IN2O. The topological polar surface area (TPSA) is 32.3 Å². The number of para-hydroxylation sites is 1. The Bertz CT molecular complexity index is 998. The molecule has 3 aromatic rings. The van der Waals surface area contributed by atoms with E-state index in [1.807, 2.05) is 31.2 Å². The van der Waals surface area contributed by atoms with Crippen molar-refractivity contribution in [2.45, 2.75) is 26.3 Å². The van der Waals surface area contributed by atoms with E-state index in [2.05, 4.69) is 75.3 Å². The molecule has 0 atom stereocenters. The molecule has 1 amide bonds. The van der Waals surface area contributed by atoms with Crippen LogP contribution in [0.3, 0.4) is 0 Å². The van der Waals surface area contributed by atoms with Crippen LogP contribution in [0.25, 0.3) is 0 Å². The Morgan fingerprint density at radius 2 is 1.86 bits per heavy atom. The number of carbonyl (C=O) groups is 1. The van der Waals surface area contributed by atoms with Crippen LogP contribution in [-0.4, -0.2) is 12.5 Å². The summed E-state index contributed by atoms with van der Waals surface area (Å²) in [5, 5.41) is 3.01. The Balaban J connectivity index is 1.45. The van der Waals surface area contributed by atoms with Crippen molar-refractivity contribution >= 4 is 39.9 Å². The normalized spacial score (nSPS) is 13.1. The summed E-state index contributed by atoms with van der Waals surface area (Å²) in [4.78, 5) is 15.0. The summed E-state index contributed by atoms with van der Waals surface area (Å²) in [6.07, 6.45) is 2.34. The maximum absolute atomic E-state index is 12.6. The van der Waals surface area contributed by atoms with Crippen LogP contribution in [0.1, 0.15) is 33.5 Å². The molecule has 0 saturated carbocycles. The lowest BCUT2D eigenvalue weighted by molar-refractivity contribution is 0.102. The van der Waals surface area contributed by atoms with Gasteiger partial charge in [-0.1, -0.05) is 30.3 Å². The average Bonchev–Trinajstić information content (AvgIpc) is 2.71. The van der Waals surface area contributed by atoms with Crippen LogP contribution in [0.5, 0.6) is 0 Å². The molecular weight excluding hydrogens is 459 g/mol. The number of hydrogen-bond acceptors (Lipinski definition) is 2. The summed E-state index contributed by atoms with van der Waals surface area (Å²) < 4.78 is 1.16. The average molecular weight is 482 g/mol. The highest BCUT2D eigenvalue weighted by molar-refractivity contribution is 14.1. The van der Waals surface area contributed by atoms with Crippen molar-refractivity contribution in [3.63, 3.8) is 0 Å². The second kappa shape index (κ2) is 8.35. The fraction of sp³-hybridized carbons (Fsp3) is 0.208. The Morgan fingerprint density at radius 1 is 1.07 bits per heavy atom. The van der Waals surface area contributed by atoms with Gasteiger partial charge in [0, 0.05) is 33.6 Å². The molecule has 1 N–H and O–H groups in total. The predicted molar refractivity (Wildman–Crippen MR) is 124 cm³/mol. The first-order valence-electron chi connectivity index (χ1n) is 9.59. The Morgan fingerprint density at radius 3 is 2.64 bits per heavy atom. The van der Waals surface area contributed by atoms with Crippen molar-refractivity contribution in [3.05, 3.63) is 92.6 Å². The molecule has 4 heteroatoms. The number of rotatable bonds is 4. The van der Waals surface area contributed by atoms with E-state index in [4.69, 9.17) is 0 Å². The first-order chi connectivity index (χ1) is 13.6. The number of anilines is 2. The summed E-state index contributed by atoms with van der Waals surface area (Å²) in [6.45, 7) is 3.96. The van der Waals surface area contributed by atoms with Crippen molar-refractivity contribution in [2.24, 2.45) is 0 Å². The van der Waals surface area contributed by atoms with Gasteiger partial charge in [0.25, 0.3) is 5.91 Å². The van der Waals surface area contributed by atoms with Gasteiger partial charge in [-0.25, -0.2) is 0 Å². The molecule has 0 fully saturated rings. The van der Waals surface area contributed by atoms with Gasteiger partial charge in [0.15, 0.2) is 0 Å². The number of fused-ring (bicyclic) bond motifs is 1. The summed E-state index contributed by atoms with van der Waals surface area (Å²) in [5.74, 6) is -0.0702. The Kier molecular flexibility index (Phi) is 5.67. The van der Waals surface area contributed by atoms with Crippen LogP contribution in [0.4, 0.5) is 11.4 Å². The zero-order valence-corrected chi connectivity index (χ0v) is 18.1. The molecule has 0 radical (unpaired) electrons. The van der Waals surface area contributed by atoms with Crippen molar-refractivity contribution < 1.29 is 4.79 Å². The fourth-order valence-electron chi connectivity index (χ4n) is 3.72. The van der Waals surface area contributed by atoms with Crippen LogP contribution in [0, 0.1) is 10.5 Å². The summed E-state index contributed by atoms with van der Waals surface area (Å²) >= 11 is 2.28. The van der Waals surface area contributed by atoms with E-state index < -0.39 is 0 Å². The van der Waals surface area contributed by atoms with E-state index >= 15 is 0 Å². The highest BCUT2D eigenvalue weighted by Gasteiger charge is 2.16. The van der Waals surface area contributed by atoms with Crippen molar-refractivity contribution in [1.82, 2.24) is 0 Å². The number of nitrogens with one attached hydrogen (secondary N) is 1. The molecule has 142 valence electrons. The van der Waals surface area contributed by atoms with Gasteiger partial charge in [0.1, 0.15) is 0 Å². The maximum atomic E-state index is 12.6. The van der Waals surface area contributed by atoms with Crippen molar-refractivity contribution in [2.75, 3.05) is 16.8 Å². The quantitative estimate of drug-likeness (QED) is 0.477. The highest BCUT2D eigenvalue weighted by atomic mass is 127. The van der Waals surface area contributed by atoms with Crippen molar-refractivity contribution in [3.8, 4) is 0 Å². The molecule has 3 aromatic carbocycles. The van der Waals surface area contributed by atoms with Crippen LogP contribution >= 0.6 is 22.6 Å². The number of amides is 1. The predicted octanol–water partition coefficient (Wildman–Crippen LogP) is 5.80. The molecule has 0 spiro atoms. The molecule has 0 saturated heterocycles. The summed E-state index contributed by atoms with van der Waals surface area (Å²) in [5.41, 5.74) is 6.60. The van der Waals surface area contributed by atoms with Gasteiger partial charge < -0.3 is 10.2 Å². The second-order valence-electron chi connectivity index (χ2n) is 7.26. The molecule has 4 rings (SSSR count). The second-order valence-corrected chi connectivity index (χ2v) is 8.51. The molecule has 1 heterocycles. The van der Waals surface area contributed by atoms with Gasteiger partial charge in [-0.05, 0) is 95.4 Å². The standard InChI is InChI=1S/C24H23IN2O/c1-17-15-21(25)12-13-22(17)26-24(28)20-10-8-18(9-11-20)16-27-14-4-6-19-5-2-3-7-23(19)27/h2-3,5,7-13,15H,4,6,14,16H2,1H3,(H,26,28). The fourth-order valence-corrected chi connectivity index (χ4v) is 4.37. The first-order valence-corrected chi connectivity index (χ1v) is 10.7. The number of nitrogens with zero attached hydrogens (tertiary/aromatic N) is 1. The minimum atomic E-state index is -0.0702. The lowest BCUT2D eigenvalue weighted by Gasteiger charge is -2.31. The van der Waals surface area contributed by atoms with Gasteiger partial charge in [0.2, 0.25) is 0 Å². The van der Waals surface area contributed by atoms with Crippen LogP contribution in [-0.2, 0) is 13.0 Å². The molecule has 0 aliphatic carbocycles. The Labute approximate surface area is 179 Å². The molecule has 0 unspecified atom stereocenters. The molecule has 1 aliphatic rings. The van der Waals surface area contributed by atoms with E-state index in [9.17, 15) is 4.79 Å².